The maximum absolute atomic E-state index is 16.2. The van der Waals surface area contributed by atoms with Crippen molar-refractivity contribution in [2.24, 2.45) is 13.0 Å². The smallest absolute Gasteiger partial charge is 0.376 e. The van der Waals surface area contributed by atoms with Gasteiger partial charge >= 0.3 is 11.4 Å². The standard InChI is InChI=1S/C46H45F2N11O5S/c1-22-15-27(16-23(2)36(22)47)59-39(56-13-12-55(44(56)62)33-10-9-31-28(37(33)48)21-49-54(31)6)35-29(52-59)17-26-7-8-32(35)57(26)40(60)34-18-30-41(65-38(50-30)25-11-14-63-45(4,5)20-25)58(34)46(19-24(46)3)42-51-43(61)64-53-42/h9-10,12-13,15-16,18,21,24-26,32H,7-8,11,14,17,19-20H2,1-6H3,(H,51,53,61)/t24-,25+,26+,32-,46-/m0/s1. The molecule has 16 nitrogen and oxygen atoms in total. The minimum absolute atomic E-state index is 0.00489. The summed E-state index contributed by atoms with van der Waals surface area (Å²) in [6.07, 6.45) is 8.44. The van der Waals surface area contributed by atoms with Gasteiger partial charge in [-0.3, -0.25) is 28.1 Å². The highest BCUT2D eigenvalue weighted by molar-refractivity contribution is 7.18. The molecule has 9 heterocycles. The van der Waals surface area contributed by atoms with Crippen molar-refractivity contribution >= 4 is 38.5 Å². The number of carbonyl (C=O) groups is 1. The van der Waals surface area contributed by atoms with Gasteiger partial charge in [0.2, 0.25) is 0 Å². The van der Waals surface area contributed by atoms with Crippen molar-refractivity contribution in [2.45, 2.75) is 102 Å². The minimum atomic E-state index is -0.865. The molecule has 334 valence electrons. The van der Waals surface area contributed by atoms with Crippen molar-refractivity contribution in [2.75, 3.05) is 6.61 Å². The van der Waals surface area contributed by atoms with Crippen LogP contribution in [-0.4, -0.2) is 77.4 Å². The third-order valence-corrected chi connectivity index (χ3v) is 15.6. The van der Waals surface area contributed by atoms with Crippen LogP contribution >= 0.6 is 11.3 Å². The molecule has 5 atom stereocenters. The number of imidazole rings is 1. The van der Waals surface area contributed by atoms with Crippen LogP contribution in [0.15, 0.2) is 63.0 Å². The maximum Gasteiger partial charge on any atom is 0.438 e. The lowest BCUT2D eigenvalue weighted by molar-refractivity contribution is -0.0593. The molecule has 2 aromatic carbocycles. The zero-order valence-corrected chi connectivity index (χ0v) is 37.4. The lowest BCUT2D eigenvalue weighted by atomic mass is 9.89. The van der Waals surface area contributed by atoms with Crippen LogP contribution in [0.5, 0.6) is 0 Å². The number of benzene rings is 2. The first-order valence-electron chi connectivity index (χ1n) is 22.0. The number of ether oxygens (including phenoxy) is 1. The van der Waals surface area contributed by atoms with Gasteiger partial charge in [0.1, 0.15) is 33.2 Å². The molecular formula is C46H45F2N11O5S. The van der Waals surface area contributed by atoms with Gasteiger partial charge in [0.15, 0.2) is 11.6 Å². The van der Waals surface area contributed by atoms with Gasteiger partial charge in [0.05, 0.1) is 50.8 Å². The van der Waals surface area contributed by atoms with Crippen molar-refractivity contribution in [3.05, 3.63) is 121 Å². The van der Waals surface area contributed by atoms with Crippen LogP contribution in [0.3, 0.4) is 0 Å². The molecule has 0 unspecified atom stereocenters. The van der Waals surface area contributed by atoms with Gasteiger partial charge < -0.3 is 14.2 Å². The molecule has 19 heteroatoms. The molecule has 12 rings (SSSR count). The number of aromatic amines is 1. The summed E-state index contributed by atoms with van der Waals surface area (Å²) in [5.41, 5.74) is 2.77. The van der Waals surface area contributed by atoms with E-state index in [2.05, 4.69) is 36.0 Å². The Morgan fingerprint density at radius 2 is 1.77 bits per heavy atom. The van der Waals surface area contributed by atoms with E-state index in [0.29, 0.717) is 88.7 Å². The second-order valence-electron chi connectivity index (χ2n) is 19.0. The average molecular weight is 902 g/mol. The van der Waals surface area contributed by atoms with Crippen molar-refractivity contribution in [3.63, 3.8) is 0 Å². The number of H-pyrrole nitrogens is 1. The van der Waals surface area contributed by atoms with Crippen LogP contribution in [0.2, 0.25) is 0 Å². The van der Waals surface area contributed by atoms with Crippen LogP contribution in [0, 0.1) is 31.4 Å². The predicted octanol–water partition coefficient (Wildman–Crippen LogP) is 7.04. The van der Waals surface area contributed by atoms with Crippen molar-refractivity contribution in [3.8, 4) is 17.2 Å². The van der Waals surface area contributed by atoms with Crippen LogP contribution in [0.4, 0.5) is 8.78 Å². The fourth-order valence-corrected chi connectivity index (χ4v) is 12.4. The van der Waals surface area contributed by atoms with E-state index < -0.39 is 28.8 Å². The van der Waals surface area contributed by atoms with E-state index in [1.165, 1.54) is 21.5 Å². The molecule has 1 saturated carbocycles. The quantitative estimate of drug-likeness (QED) is 0.176. The monoisotopic (exact) mass is 901 g/mol. The Balaban J connectivity index is 1.01. The van der Waals surface area contributed by atoms with E-state index in [1.54, 1.807) is 72.1 Å². The Morgan fingerprint density at radius 1 is 1.00 bits per heavy atom. The highest BCUT2D eigenvalue weighted by atomic mass is 32.1. The molecule has 1 aliphatic carbocycles. The number of carbonyl (C=O) groups excluding carboxylic acids is 1. The van der Waals surface area contributed by atoms with Crippen LogP contribution in [0.25, 0.3) is 38.4 Å². The highest BCUT2D eigenvalue weighted by Gasteiger charge is 2.60. The fraction of sp³-hybridized carbons (Fsp3) is 0.413. The van der Waals surface area contributed by atoms with E-state index in [9.17, 15) is 9.59 Å². The summed E-state index contributed by atoms with van der Waals surface area (Å²) < 4.78 is 50.4. The van der Waals surface area contributed by atoms with Crippen molar-refractivity contribution in [1.29, 1.82) is 0 Å². The van der Waals surface area contributed by atoms with Crippen LogP contribution in [-0.2, 0) is 23.7 Å². The Bertz CT molecular complexity index is 3410. The molecule has 0 spiro atoms. The average Bonchev–Trinajstić information content (AvgIpc) is 4.04. The molecule has 2 bridgehead atoms. The summed E-state index contributed by atoms with van der Waals surface area (Å²) in [5.74, 6) is -0.928. The van der Waals surface area contributed by atoms with Gasteiger partial charge in [-0.2, -0.15) is 10.2 Å². The molecule has 2 saturated heterocycles. The largest absolute Gasteiger partial charge is 0.438 e. The Morgan fingerprint density at radius 3 is 2.49 bits per heavy atom. The van der Waals surface area contributed by atoms with Gasteiger partial charge in [0, 0.05) is 50.0 Å². The summed E-state index contributed by atoms with van der Waals surface area (Å²) in [4.78, 5) is 53.6. The summed E-state index contributed by atoms with van der Waals surface area (Å²) in [6, 6.07) is 7.77. The van der Waals surface area contributed by atoms with Crippen LogP contribution < -0.4 is 11.4 Å². The number of aromatic nitrogens is 10. The molecule has 4 aliphatic rings. The zero-order valence-electron chi connectivity index (χ0n) is 36.6. The Kier molecular flexibility index (Phi) is 8.49. The van der Waals surface area contributed by atoms with E-state index in [1.807, 2.05) is 15.5 Å². The number of fused-ring (bicyclic) bond motifs is 6. The van der Waals surface area contributed by atoms with E-state index in [0.717, 1.165) is 22.7 Å². The Hall–Kier alpha value is -6.47. The summed E-state index contributed by atoms with van der Waals surface area (Å²) in [7, 11) is 1.72. The van der Waals surface area contributed by atoms with E-state index in [4.69, 9.17) is 19.3 Å². The number of aryl methyl sites for hydroxylation is 3. The third-order valence-electron chi connectivity index (χ3n) is 14.4. The molecule has 8 aromatic rings. The number of halogens is 2. The normalized spacial score (nSPS) is 23.5. The van der Waals surface area contributed by atoms with Gasteiger partial charge in [-0.15, -0.1) is 11.3 Å². The van der Waals surface area contributed by atoms with Crippen molar-refractivity contribution in [1.82, 2.24) is 53.3 Å². The van der Waals surface area contributed by atoms with Gasteiger partial charge in [-0.1, -0.05) is 12.1 Å². The number of hydrogen-bond acceptors (Lipinski definition) is 10. The molecule has 6 aromatic heterocycles. The van der Waals surface area contributed by atoms with Crippen molar-refractivity contribution < 1.29 is 22.8 Å². The summed E-state index contributed by atoms with van der Waals surface area (Å²) >= 11 is 1.56. The fourth-order valence-electron chi connectivity index (χ4n) is 11.2. The first kappa shape index (κ1) is 40.1. The Labute approximate surface area is 373 Å². The third kappa shape index (κ3) is 5.76. The number of thiazole rings is 1. The number of hydrogen-bond donors (Lipinski definition) is 1. The summed E-state index contributed by atoms with van der Waals surface area (Å²) in [5, 5.41) is 14.8. The second kappa shape index (κ2) is 13.8. The molecule has 3 aliphatic heterocycles. The topological polar surface area (TPSA) is 169 Å². The molecule has 1 N–H and O–H groups in total. The lowest BCUT2D eigenvalue weighted by Crippen LogP contribution is -2.43. The van der Waals surface area contributed by atoms with E-state index >= 15 is 13.6 Å². The highest BCUT2D eigenvalue weighted by Crippen LogP contribution is 2.57. The molecule has 3 fully saturated rings. The lowest BCUT2D eigenvalue weighted by Gasteiger charge is -2.35. The molecular weight excluding hydrogens is 857 g/mol. The number of rotatable bonds is 7. The van der Waals surface area contributed by atoms with Gasteiger partial charge in [0.25, 0.3) is 5.91 Å². The minimum Gasteiger partial charge on any atom is -0.376 e. The van der Waals surface area contributed by atoms with Gasteiger partial charge in [-0.25, -0.2) is 28.0 Å². The molecule has 0 radical (unpaired) electrons. The zero-order chi connectivity index (χ0) is 45.0. The second-order valence-corrected chi connectivity index (χ2v) is 20.0. The number of nitrogens with zero attached hydrogens (tertiary/aromatic N) is 10. The summed E-state index contributed by atoms with van der Waals surface area (Å²) in [6.45, 7) is 10.2. The molecule has 65 heavy (non-hydrogen) atoms. The SMILES string of the molecule is Cc1cc(-n2nc3c(c2-n2ccn(-c4ccc5c(cnn5C)c4F)c2=O)[C@@H]2CC[C@H](C3)N2C(=O)c2cc3nc([C@@H]4CCOC(C)(C)C4)sc3n2[C@@]2(c3noc(=O)[nH]3)C[C@@H]2C)cc(C)c1F. The first-order chi connectivity index (χ1) is 31.1. The van der Waals surface area contributed by atoms with Crippen LogP contribution in [0.1, 0.15) is 109 Å². The van der Waals surface area contributed by atoms with E-state index in [-0.39, 0.29) is 46.3 Å². The number of amides is 1. The predicted molar refractivity (Wildman–Crippen MR) is 235 cm³/mol. The first-order valence-corrected chi connectivity index (χ1v) is 22.8. The number of nitrogens with one attached hydrogen (secondary N) is 1. The maximum atomic E-state index is 16.2. The molecule has 1 amide bonds. The van der Waals surface area contributed by atoms with Gasteiger partial charge in [-0.05, 0) is 107 Å².